The van der Waals surface area contributed by atoms with Crippen LogP contribution >= 0.6 is 11.3 Å². The van der Waals surface area contributed by atoms with Crippen molar-refractivity contribution in [2.75, 3.05) is 26.8 Å². The Morgan fingerprint density at radius 2 is 1.70 bits per heavy atom. The van der Waals surface area contributed by atoms with Crippen molar-refractivity contribution in [3.8, 4) is 5.75 Å². The van der Waals surface area contributed by atoms with E-state index in [2.05, 4.69) is 5.10 Å². The molecule has 210 valence electrons. The third kappa shape index (κ3) is 6.27. The van der Waals surface area contributed by atoms with Crippen molar-refractivity contribution in [3.63, 3.8) is 0 Å². The zero-order chi connectivity index (χ0) is 28.1. The van der Waals surface area contributed by atoms with Crippen molar-refractivity contribution in [2.45, 2.75) is 42.4 Å². The third-order valence-corrected chi connectivity index (χ3v) is 10.4. The van der Waals surface area contributed by atoms with Gasteiger partial charge in [-0.2, -0.15) is 9.41 Å². The van der Waals surface area contributed by atoms with E-state index < -0.39 is 28.5 Å². The normalized spacial score (nSPS) is 17.9. The standard InChI is InChI=1S/C29H31N3O6S2/c1-37-23-12-10-22(11-13-23)26-19-25(21-8-4-2-5-9-21)30-32(26)27(33)20-38-28(34)18-24-14-15-29(39-24)40(35,36)31-16-6-3-7-17-31/h2,4-5,8-15,26H,3,6-7,16-20H2,1H3/t26-/m0/s1. The molecule has 1 fully saturated rings. The number of carbonyl (C=O) groups is 2. The number of sulfonamides is 1. The Hall–Kier alpha value is -3.54. The van der Waals surface area contributed by atoms with E-state index in [1.807, 2.05) is 54.6 Å². The second-order valence-corrected chi connectivity index (χ2v) is 13.0. The summed E-state index contributed by atoms with van der Waals surface area (Å²) >= 11 is 1.06. The maximum absolute atomic E-state index is 13.2. The molecular weight excluding hydrogens is 550 g/mol. The van der Waals surface area contributed by atoms with Crippen molar-refractivity contribution in [2.24, 2.45) is 5.10 Å². The van der Waals surface area contributed by atoms with Crippen molar-refractivity contribution in [1.82, 2.24) is 9.31 Å². The van der Waals surface area contributed by atoms with Crippen LogP contribution in [0.4, 0.5) is 0 Å². The van der Waals surface area contributed by atoms with Crippen molar-refractivity contribution >= 4 is 38.9 Å². The summed E-state index contributed by atoms with van der Waals surface area (Å²) in [5.41, 5.74) is 2.57. The van der Waals surface area contributed by atoms with Gasteiger partial charge in [0.15, 0.2) is 6.61 Å². The lowest BCUT2D eigenvalue weighted by molar-refractivity contribution is -0.152. The molecule has 2 aliphatic rings. The minimum absolute atomic E-state index is 0.117. The van der Waals surface area contributed by atoms with E-state index in [0.717, 1.165) is 47.4 Å². The molecule has 3 heterocycles. The molecule has 2 aliphatic heterocycles. The van der Waals surface area contributed by atoms with Crippen LogP contribution in [0.5, 0.6) is 5.75 Å². The summed E-state index contributed by atoms with van der Waals surface area (Å²) in [4.78, 5) is 26.4. The molecule has 40 heavy (non-hydrogen) atoms. The molecule has 11 heteroatoms. The van der Waals surface area contributed by atoms with Gasteiger partial charge < -0.3 is 9.47 Å². The molecule has 0 radical (unpaired) electrons. The third-order valence-electron chi connectivity index (χ3n) is 6.99. The first kappa shape index (κ1) is 28.0. The number of methoxy groups -OCH3 is 1. The minimum Gasteiger partial charge on any atom is -0.497 e. The van der Waals surface area contributed by atoms with Gasteiger partial charge in [-0.25, -0.2) is 13.4 Å². The fourth-order valence-corrected chi connectivity index (χ4v) is 7.87. The van der Waals surface area contributed by atoms with Gasteiger partial charge in [0, 0.05) is 24.4 Å². The van der Waals surface area contributed by atoms with Gasteiger partial charge in [-0.3, -0.25) is 9.59 Å². The molecule has 0 bridgehead atoms. The first-order valence-electron chi connectivity index (χ1n) is 13.2. The highest BCUT2D eigenvalue weighted by Crippen LogP contribution is 2.34. The van der Waals surface area contributed by atoms with Crippen LogP contribution in [0.3, 0.4) is 0 Å². The highest BCUT2D eigenvalue weighted by molar-refractivity contribution is 7.91. The maximum atomic E-state index is 13.2. The topological polar surface area (TPSA) is 106 Å². The lowest BCUT2D eigenvalue weighted by Crippen LogP contribution is -2.35. The van der Waals surface area contributed by atoms with E-state index in [-0.39, 0.29) is 16.7 Å². The Balaban J connectivity index is 1.24. The summed E-state index contributed by atoms with van der Waals surface area (Å²) in [5.74, 6) is -0.345. The van der Waals surface area contributed by atoms with Crippen LogP contribution < -0.4 is 4.74 Å². The highest BCUT2D eigenvalue weighted by Gasteiger charge is 2.34. The number of carbonyl (C=O) groups excluding carboxylic acids is 2. The van der Waals surface area contributed by atoms with Crippen LogP contribution in [0.2, 0.25) is 0 Å². The summed E-state index contributed by atoms with van der Waals surface area (Å²) in [7, 11) is -1.97. The molecule has 1 aromatic heterocycles. The number of nitrogens with zero attached hydrogens (tertiary/aromatic N) is 3. The molecule has 0 aliphatic carbocycles. The summed E-state index contributed by atoms with van der Waals surface area (Å²) < 4.78 is 38.1. The second kappa shape index (κ2) is 12.3. The molecule has 1 atom stereocenters. The molecule has 2 aromatic carbocycles. The molecule has 0 N–H and O–H groups in total. The Labute approximate surface area is 238 Å². The minimum atomic E-state index is -3.56. The zero-order valence-electron chi connectivity index (χ0n) is 22.2. The molecule has 0 unspecified atom stereocenters. The van der Waals surface area contributed by atoms with Crippen LogP contribution in [0.25, 0.3) is 0 Å². The number of piperidine rings is 1. The molecule has 3 aromatic rings. The van der Waals surface area contributed by atoms with Crippen molar-refractivity contribution < 1.29 is 27.5 Å². The van der Waals surface area contributed by atoms with E-state index in [0.29, 0.717) is 30.1 Å². The molecule has 9 nitrogen and oxygen atoms in total. The van der Waals surface area contributed by atoms with E-state index in [4.69, 9.17) is 9.47 Å². The van der Waals surface area contributed by atoms with Crippen LogP contribution in [-0.2, 0) is 30.8 Å². The second-order valence-electron chi connectivity index (χ2n) is 9.67. The van der Waals surface area contributed by atoms with Crippen LogP contribution in [0.15, 0.2) is 76.0 Å². The number of hydrogen-bond donors (Lipinski definition) is 0. The Morgan fingerprint density at radius 3 is 2.40 bits per heavy atom. The van der Waals surface area contributed by atoms with Gasteiger partial charge in [0.1, 0.15) is 9.96 Å². The molecule has 1 amide bonds. The highest BCUT2D eigenvalue weighted by atomic mass is 32.2. The average Bonchev–Trinajstić information content (AvgIpc) is 3.65. The van der Waals surface area contributed by atoms with Gasteiger partial charge in [-0.05, 0) is 48.2 Å². The number of amides is 1. The van der Waals surface area contributed by atoms with Crippen molar-refractivity contribution in [1.29, 1.82) is 0 Å². The zero-order valence-corrected chi connectivity index (χ0v) is 23.8. The van der Waals surface area contributed by atoms with Gasteiger partial charge in [-0.1, -0.05) is 48.9 Å². The van der Waals surface area contributed by atoms with Gasteiger partial charge >= 0.3 is 5.97 Å². The number of thiophene rings is 1. The van der Waals surface area contributed by atoms with E-state index >= 15 is 0 Å². The largest absolute Gasteiger partial charge is 0.497 e. The van der Waals surface area contributed by atoms with E-state index in [1.165, 1.54) is 15.4 Å². The first-order chi connectivity index (χ1) is 19.3. The number of ether oxygens (including phenoxy) is 2. The monoisotopic (exact) mass is 581 g/mol. The van der Waals surface area contributed by atoms with Gasteiger partial charge in [0.05, 0.1) is 25.3 Å². The van der Waals surface area contributed by atoms with Gasteiger partial charge in [0.25, 0.3) is 15.9 Å². The predicted octanol–water partition coefficient (Wildman–Crippen LogP) is 4.39. The van der Waals surface area contributed by atoms with Crippen LogP contribution in [-0.4, -0.2) is 62.1 Å². The number of hydrogen-bond acceptors (Lipinski definition) is 8. The SMILES string of the molecule is COc1ccc([C@@H]2CC(c3ccccc3)=NN2C(=O)COC(=O)Cc2ccc(S(=O)(=O)N3CCCCC3)s2)cc1. The summed E-state index contributed by atoms with van der Waals surface area (Å²) in [5, 5.41) is 5.98. The van der Waals surface area contributed by atoms with Crippen LogP contribution in [0.1, 0.15) is 47.7 Å². The average molecular weight is 582 g/mol. The van der Waals surface area contributed by atoms with E-state index in [1.54, 1.807) is 13.2 Å². The fraction of sp³-hybridized carbons (Fsp3) is 0.345. The summed E-state index contributed by atoms with van der Waals surface area (Å²) in [6.07, 6.45) is 3.13. The summed E-state index contributed by atoms with van der Waals surface area (Å²) in [6, 6.07) is 19.9. The molecule has 5 rings (SSSR count). The number of esters is 1. The lowest BCUT2D eigenvalue weighted by atomic mass is 9.98. The van der Waals surface area contributed by atoms with Gasteiger partial charge in [0.2, 0.25) is 0 Å². The molecule has 0 saturated carbocycles. The molecular formula is C29H31N3O6S2. The fourth-order valence-electron chi connectivity index (χ4n) is 4.86. The van der Waals surface area contributed by atoms with E-state index in [9.17, 15) is 18.0 Å². The quantitative estimate of drug-likeness (QED) is 0.347. The Morgan fingerprint density at radius 1 is 0.975 bits per heavy atom. The summed E-state index contributed by atoms with van der Waals surface area (Å²) in [6.45, 7) is 0.561. The molecule has 1 saturated heterocycles. The smallest absolute Gasteiger partial charge is 0.311 e. The van der Waals surface area contributed by atoms with Crippen molar-refractivity contribution in [3.05, 3.63) is 82.7 Å². The lowest BCUT2D eigenvalue weighted by Gasteiger charge is -2.25. The Kier molecular flexibility index (Phi) is 8.63. The Bertz CT molecular complexity index is 1480. The first-order valence-corrected chi connectivity index (χ1v) is 15.4. The number of hydrazone groups is 1. The molecule has 0 spiro atoms. The van der Waals surface area contributed by atoms with Gasteiger partial charge in [-0.15, -0.1) is 11.3 Å². The van der Waals surface area contributed by atoms with Crippen LogP contribution in [0, 0.1) is 0 Å². The number of benzene rings is 2. The number of rotatable bonds is 9. The maximum Gasteiger partial charge on any atom is 0.311 e. The predicted molar refractivity (Wildman–Crippen MR) is 152 cm³/mol.